The number of hydrogen-bond acceptors (Lipinski definition) is 5. The molecule has 124 valence electrons. The van der Waals surface area contributed by atoms with Crippen LogP contribution in [0, 0.1) is 0 Å². The first-order chi connectivity index (χ1) is 10.9. The van der Waals surface area contributed by atoms with Gasteiger partial charge in [-0.3, -0.25) is 0 Å². The predicted octanol–water partition coefficient (Wildman–Crippen LogP) is 3.61. The third-order valence-electron chi connectivity index (χ3n) is 3.64. The normalized spacial score (nSPS) is 16.6. The Labute approximate surface area is 135 Å². The minimum Gasteiger partial charge on any atom is -0.447 e. The minimum atomic E-state index is -0.470. The molecular formula is C17H22N2O4. The highest BCUT2D eigenvalue weighted by Crippen LogP contribution is 2.24. The molecule has 0 radical (unpaired) electrons. The second-order valence-corrected chi connectivity index (χ2v) is 6.73. The van der Waals surface area contributed by atoms with Gasteiger partial charge in [0.15, 0.2) is 5.58 Å². The zero-order valence-corrected chi connectivity index (χ0v) is 13.7. The maximum atomic E-state index is 12.0. The van der Waals surface area contributed by atoms with E-state index in [1.165, 1.54) is 0 Å². The van der Waals surface area contributed by atoms with Gasteiger partial charge < -0.3 is 18.8 Å². The van der Waals surface area contributed by atoms with Crippen molar-refractivity contribution in [1.29, 1.82) is 0 Å². The van der Waals surface area contributed by atoms with Crippen molar-refractivity contribution >= 4 is 17.2 Å². The van der Waals surface area contributed by atoms with Gasteiger partial charge in [-0.1, -0.05) is 12.1 Å². The van der Waals surface area contributed by atoms with E-state index in [0.717, 1.165) is 18.4 Å². The zero-order chi connectivity index (χ0) is 16.4. The Bertz CT molecular complexity index is 648. The van der Waals surface area contributed by atoms with Crippen LogP contribution in [0.15, 0.2) is 28.7 Å². The van der Waals surface area contributed by atoms with Crippen molar-refractivity contribution in [1.82, 2.24) is 9.88 Å². The van der Waals surface area contributed by atoms with Crippen molar-refractivity contribution < 1.29 is 18.7 Å². The molecule has 0 N–H and O–H groups in total. The van der Waals surface area contributed by atoms with Crippen molar-refractivity contribution in [3.05, 3.63) is 24.3 Å². The average molecular weight is 318 g/mol. The van der Waals surface area contributed by atoms with Crippen LogP contribution in [0.4, 0.5) is 4.79 Å². The van der Waals surface area contributed by atoms with E-state index in [4.69, 9.17) is 13.9 Å². The van der Waals surface area contributed by atoms with Crippen molar-refractivity contribution in [2.75, 3.05) is 13.1 Å². The molecule has 0 aliphatic carbocycles. The molecule has 0 unspecified atom stereocenters. The van der Waals surface area contributed by atoms with Crippen LogP contribution < -0.4 is 4.74 Å². The van der Waals surface area contributed by atoms with Gasteiger partial charge in [-0.2, -0.15) is 4.98 Å². The first kappa shape index (κ1) is 15.6. The quantitative estimate of drug-likeness (QED) is 0.846. The summed E-state index contributed by atoms with van der Waals surface area (Å²) in [6, 6.07) is 7.56. The number of aromatic nitrogens is 1. The zero-order valence-electron chi connectivity index (χ0n) is 13.7. The molecule has 0 atom stereocenters. The molecular weight excluding hydrogens is 296 g/mol. The van der Waals surface area contributed by atoms with E-state index < -0.39 is 5.60 Å². The number of piperidine rings is 1. The summed E-state index contributed by atoms with van der Waals surface area (Å²) in [7, 11) is 0. The van der Waals surface area contributed by atoms with Crippen molar-refractivity contribution in [3.8, 4) is 6.08 Å². The van der Waals surface area contributed by atoms with Crippen LogP contribution >= 0.6 is 0 Å². The predicted molar refractivity (Wildman–Crippen MR) is 85.5 cm³/mol. The van der Waals surface area contributed by atoms with E-state index in [-0.39, 0.29) is 12.2 Å². The van der Waals surface area contributed by atoms with Gasteiger partial charge in [0.1, 0.15) is 17.2 Å². The summed E-state index contributed by atoms with van der Waals surface area (Å²) in [5, 5.41) is 0. The van der Waals surface area contributed by atoms with Crippen LogP contribution in [-0.4, -0.2) is 40.8 Å². The lowest BCUT2D eigenvalue weighted by atomic mass is 10.1. The average Bonchev–Trinajstić information content (AvgIpc) is 2.88. The Balaban J connectivity index is 1.54. The molecule has 6 heteroatoms. The smallest absolute Gasteiger partial charge is 0.410 e. The molecule has 2 aromatic rings. The van der Waals surface area contributed by atoms with Gasteiger partial charge in [-0.05, 0) is 32.9 Å². The summed E-state index contributed by atoms with van der Waals surface area (Å²) >= 11 is 0. The molecule has 23 heavy (non-hydrogen) atoms. The molecule has 1 aliphatic heterocycles. The van der Waals surface area contributed by atoms with E-state index >= 15 is 0 Å². The van der Waals surface area contributed by atoms with Gasteiger partial charge in [-0.15, -0.1) is 0 Å². The Morgan fingerprint density at radius 3 is 2.61 bits per heavy atom. The number of para-hydroxylation sites is 2. The molecule has 1 aliphatic rings. The van der Waals surface area contributed by atoms with E-state index in [9.17, 15) is 4.79 Å². The highest BCUT2D eigenvalue weighted by Gasteiger charge is 2.28. The van der Waals surface area contributed by atoms with E-state index in [1.807, 2.05) is 45.0 Å². The number of likely N-dealkylation sites (tertiary alicyclic amines) is 1. The Kier molecular flexibility index (Phi) is 4.15. The summed E-state index contributed by atoms with van der Waals surface area (Å²) in [4.78, 5) is 18.1. The number of amides is 1. The van der Waals surface area contributed by atoms with Crippen LogP contribution in [0.25, 0.3) is 11.1 Å². The molecule has 0 saturated carbocycles. The van der Waals surface area contributed by atoms with Crippen LogP contribution in [0.2, 0.25) is 0 Å². The number of hydrogen-bond donors (Lipinski definition) is 0. The Hall–Kier alpha value is -2.24. The first-order valence-electron chi connectivity index (χ1n) is 7.91. The summed E-state index contributed by atoms with van der Waals surface area (Å²) < 4.78 is 16.8. The van der Waals surface area contributed by atoms with Gasteiger partial charge in [0.05, 0.1) is 0 Å². The fraction of sp³-hybridized carbons (Fsp3) is 0.529. The molecule has 1 aromatic carbocycles. The number of oxazole rings is 1. The lowest BCUT2D eigenvalue weighted by Gasteiger charge is -2.32. The summed E-state index contributed by atoms with van der Waals surface area (Å²) in [6.45, 7) is 6.83. The summed E-state index contributed by atoms with van der Waals surface area (Å²) in [5.74, 6) is 0. The van der Waals surface area contributed by atoms with Crippen LogP contribution in [0.5, 0.6) is 6.08 Å². The standard InChI is InChI=1S/C17H22N2O4/c1-17(2,3)23-16(20)19-10-8-12(9-11-19)21-15-18-13-6-4-5-7-14(13)22-15/h4-7,12H,8-11H2,1-3H3. The van der Waals surface area contributed by atoms with Crippen molar-refractivity contribution in [2.45, 2.75) is 45.3 Å². The maximum absolute atomic E-state index is 12.0. The van der Waals surface area contributed by atoms with Gasteiger partial charge >= 0.3 is 12.2 Å². The van der Waals surface area contributed by atoms with E-state index in [1.54, 1.807) is 4.90 Å². The topological polar surface area (TPSA) is 64.8 Å². The number of benzene rings is 1. The number of rotatable bonds is 2. The van der Waals surface area contributed by atoms with Gasteiger partial charge in [0.2, 0.25) is 0 Å². The van der Waals surface area contributed by atoms with Crippen LogP contribution in [0.1, 0.15) is 33.6 Å². The molecule has 1 amide bonds. The van der Waals surface area contributed by atoms with Crippen molar-refractivity contribution in [2.24, 2.45) is 0 Å². The molecule has 1 aromatic heterocycles. The highest BCUT2D eigenvalue weighted by atomic mass is 16.6. The lowest BCUT2D eigenvalue weighted by molar-refractivity contribution is 0.0102. The lowest BCUT2D eigenvalue weighted by Crippen LogP contribution is -2.44. The van der Waals surface area contributed by atoms with Gasteiger partial charge in [0.25, 0.3) is 0 Å². The highest BCUT2D eigenvalue weighted by molar-refractivity contribution is 5.72. The van der Waals surface area contributed by atoms with Crippen molar-refractivity contribution in [3.63, 3.8) is 0 Å². The van der Waals surface area contributed by atoms with E-state index in [0.29, 0.717) is 24.7 Å². The number of carbonyl (C=O) groups is 1. The molecule has 1 saturated heterocycles. The van der Waals surface area contributed by atoms with E-state index in [2.05, 4.69) is 4.98 Å². The SMILES string of the molecule is CC(C)(C)OC(=O)N1CCC(Oc2nc3ccccc3o2)CC1. The molecule has 6 nitrogen and oxygen atoms in total. The first-order valence-corrected chi connectivity index (χ1v) is 7.91. The molecule has 0 bridgehead atoms. The number of fused-ring (bicyclic) bond motifs is 1. The Morgan fingerprint density at radius 1 is 1.26 bits per heavy atom. The fourth-order valence-electron chi connectivity index (χ4n) is 2.53. The molecule has 3 rings (SSSR count). The minimum absolute atomic E-state index is 0.00162. The third kappa shape index (κ3) is 3.94. The molecule has 2 heterocycles. The monoisotopic (exact) mass is 318 g/mol. The van der Waals surface area contributed by atoms with Gasteiger partial charge in [-0.25, -0.2) is 4.79 Å². The van der Waals surface area contributed by atoms with Crippen LogP contribution in [-0.2, 0) is 4.74 Å². The number of ether oxygens (including phenoxy) is 2. The largest absolute Gasteiger partial charge is 0.447 e. The molecule has 0 spiro atoms. The second kappa shape index (κ2) is 6.10. The van der Waals surface area contributed by atoms with Crippen LogP contribution in [0.3, 0.4) is 0 Å². The maximum Gasteiger partial charge on any atom is 0.410 e. The Morgan fingerprint density at radius 2 is 1.96 bits per heavy atom. The molecule has 1 fully saturated rings. The third-order valence-corrected chi connectivity index (χ3v) is 3.64. The van der Waals surface area contributed by atoms with Gasteiger partial charge in [0, 0.05) is 25.9 Å². The second-order valence-electron chi connectivity index (χ2n) is 6.73. The fourth-order valence-corrected chi connectivity index (χ4v) is 2.53. The number of nitrogens with zero attached hydrogens (tertiary/aromatic N) is 2. The summed E-state index contributed by atoms with van der Waals surface area (Å²) in [5.41, 5.74) is 1.03. The number of carbonyl (C=O) groups excluding carboxylic acids is 1. The summed E-state index contributed by atoms with van der Waals surface area (Å²) in [6.07, 6.45) is 1.50.